The highest BCUT2D eigenvalue weighted by molar-refractivity contribution is 9.10. The summed E-state index contributed by atoms with van der Waals surface area (Å²) in [4.78, 5) is 0. The maximum Gasteiger partial charge on any atom is 0.137 e. The van der Waals surface area contributed by atoms with Gasteiger partial charge in [-0.2, -0.15) is 0 Å². The molecule has 18 heavy (non-hydrogen) atoms. The minimum atomic E-state index is -0.222. The molecule has 0 amide bonds. The Bertz CT molecular complexity index is 363. The number of hydrogen-bond acceptors (Lipinski definition) is 3. The van der Waals surface area contributed by atoms with Crippen molar-refractivity contribution in [2.75, 3.05) is 26.8 Å². The molecule has 1 unspecified atom stereocenters. The molecule has 0 radical (unpaired) electrons. The molecule has 0 spiro atoms. The van der Waals surface area contributed by atoms with Gasteiger partial charge >= 0.3 is 0 Å². The molecule has 1 aromatic carbocycles. The van der Waals surface area contributed by atoms with Gasteiger partial charge in [0, 0.05) is 32.8 Å². The van der Waals surface area contributed by atoms with E-state index >= 15 is 0 Å². The zero-order valence-corrected chi connectivity index (χ0v) is 12.4. The average Bonchev–Trinajstić information content (AvgIpc) is 2.36. The predicted molar refractivity (Wildman–Crippen MR) is 75.1 cm³/mol. The van der Waals surface area contributed by atoms with E-state index in [4.69, 9.17) is 4.74 Å². The van der Waals surface area contributed by atoms with Gasteiger partial charge in [0.15, 0.2) is 0 Å². The van der Waals surface area contributed by atoms with Crippen molar-refractivity contribution < 1.29 is 9.13 Å². The molecular weight excluding hydrogens is 299 g/mol. The Balaban J connectivity index is 2.24. The van der Waals surface area contributed by atoms with E-state index in [9.17, 15) is 4.39 Å². The van der Waals surface area contributed by atoms with Crippen LogP contribution < -0.4 is 10.6 Å². The summed E-state index contributed by atoms with van der Waals surface area (Å²) in [5.74, 6) is -0.222. The second-order valence-corrected chi connectivity index (χ2v) is 5.08. The van der Waals surface area contributed by atoms with Gasteiger partial charge in [-0.1, -0.05) is 6.07 Å². The Morgan fingerprint density at radius 3 is 2.89 bits per heavy atom. The molecule has 5 heteroatoms. The molecule has 2 N–H and O–H groups in total. The third-order valence-corrected chi connectivity index (χ3v) is 3.22. The molecule has 1 aromatic rings. The number of hydrogen-bond donors (Lipinski definition) is 2. The van der Waals surface area contributed by atoms with Gasteiger partial charge in [0.2, 0.25) is 0 Å². The van der Waals surface area contributed by atoms with Crippen LogP contribution in [-0.2, 0) is 11.3 Å². The fourth-order valence-corrected chi connectivity index (χ4v) is 1.75. The quantitative estimate of drug-likeness (QED) is 0.722. The van der Waals surface area contributed by atoms with E-state index in [2.05, 4.69) is 33.5 Å². The average molecular weight is 319 g/mol. The van der Waals surface area contributed by atoms with Crippen molar-refractivity contribution in [2.45, 2.75) is 19.5 Å². The van der Waals surface area contributed by atoms with Gasteiger partial charge in [-0.05, 0) is 40.5 Å². The van der Waals surface area contributed by atoms with Gasteiger partial charge in [-0.3, -0.25) is 0 Å². The van der Waals surface area contributed by atoms with E-state index in [0.29, 0.717) is 23.7 Å². The number of halogens is 2. The summed E-state index contributed by atoms with van der Waals surface area (Å²) in [6.07, 6.45) is 0. The van der Waals surface area contributed by atoms with Gasteiger partial charge in [-0.15, -0.1) is 0 Å². The van der Waals surface area contributed by atoms with Crippen LogP contribution in [-0.4, -0.2) is 32.8 Å². The van der Waals surface area contributed by atoms with Crippen molar-refractivity contribution >= 4 is 15.9 Å². The van der Waals surface area contributed by atoms with Crippen molar-refractivity contribution in [3.8, 4) is 0 Å². The van der Waals surface area contributed by atoms with E-state index in [-0.39, 0.29) is 5.82 Å². The number of ether oxygens (including phenoxy) is 1. The molecular formula is C13H20BrFN2O. The minimum Gasteiger partial charge on any atom is -0.383 e. The Labute approximate surface area is 116 Å². The Morgan fingerprint density at radius 1 is 1.44 bits per heavy atom. The molecule has 0 fully saturated rings. The Hall–Kier alpha value is -0.490. The lowest BCUT2D eigenvalue weighted by atomic mass is 10.2. The lowest BCUT2D eigenvalue weighted by Crippen LogP contribution is -2.37. The fraction of sp³-hybridized carbons (Fsp3) is 0.538. The van der Waals surface area contributed by atoms with Gasteiger partial charge in [0.25, 0.3) is 0 Å². The molecule has 0 aliphatic heterocycles. The smallest absolute Gasteiger partial charge is 0.137 e. The summed E-state index contributed by atoms with van der Waals surface area (Å²) < 4.78 is 18.7. The predicted octanol–water partition coefficient (Wildman–Crippen LogP) is 2.30. The zero-order chi connectivity index (χ0) is 13.4. The third kappa shape index (κ3) is 5.91. The third-order valence-electron chi connectivity index (χ3n) is 2.57. The first-order valence-electron chi connectivity index (χ1n) is 6.00. The molecule has 1 atom stereocenters. The van der Waals surface area contributed by atoms with Crippen LogP contribution in [0.5, 0.6) is 0 Å². The highest BCUT2D eigenvalue weighted by Crippen LogP contribution is 2.16. The topological polar surface area (TPSA) is 33.3 Å². The van der Waals surface area contributed by atoms with Crippen LogP contribution in [0.3, 0.4) is 0 Å². The lowest BCUT2D eigenvalue weighted by Gasteiger charge is -2.14. The monoisotopic (exact) mass is 318 g/mol. The first-order chi connectivity index (χ1) is 8.63. The van der Waals surface area contributed by atoms with E-state index in [1.807, 2.05) is 6.07 Å². The second kappa shape index (κ2) is 8.58. The number of benzene rings is 1. The standard InChI is InChI=1S/C13H20BrFN2O/c1-10(8-16-5-6-18-2)17-9-11-3-4-12(14)13(15)7-11/h3-4,7,10,16-17H,5-6,8-9H2,1-2H3. The van der Waals surface area contributed by atoms with Crippen molar-refractivity contribution in [1.82, 2.24) is 10.6 Å². The summed E-state index contributed by atoms with van der Waals surface area (Å²) in [5, 5.41) is 6.61. The second-order valence-electron chi connectivity index (χ2n) is 4.23. The number of methoxy groups -OCH3 is 1. The zero-order valence-electron chi connectivity index (χ0n) is 10.8. The van der Waals surface area contributed by atoms with E-state index < -0.39 is 0 Å². The highest BCUT2D eigenvalue weighted by atomic mass is 79.9. The molecule has 0 saturated carbocycles. The first kappa shape index (κ1) is 15.6. The van der Waals surface area contributed by atoms with Gasteiger partial charge in [0.1, 0.15) is 5.82 Å². The van der Waals surface area contributed by atoms with E-state index in [0.717, 1.165) is 18.7 Å². The molecule has 0 aliphatic carbocycles. The van der Waals surface area contributed by atoms with E-state index in [1.165, 1.54) is 0 Å². The van der Waals surface area contributed by atoms with Crippen LogP contribution in [0.2, 0.25) is 0 Å². The summed E-state index contributed by atoms with van der Waals surface area (Å²) >= 11 is 3.14. The molecule has 0 bridgehead atoms. The lowest BCUT2D eigenvalue weighted by molar-refractivity contribution is 0.198. The largest absolute Gasteiger partial charge is 0.383 e. The molecule has 0 saturated heterocycles. The summed E-state index contributed by atoms with van der Waals surface area (Å²) in [7, 11) is 1.69. The summed E-state index contributed by atoms with van der Waals surface area (Å²) in [5.41, 5.74) is 0.944. The van der Waals surface area contributed by atoms with Gasteiger partial charge in [0.05, 0.1) is 11.1 Å². The molecule has 1 rings (SSSR count). The molecule has 0 heterocycles. The summed E-state index contributed by atoms with van der Waals surface area (Å²) in [6, 6.07) is 5.51. The minimum absolute atomic E-state index is 0.222. The maximum atomic E-state index is 13.3. The number of nitrogens with one attached hydrogen (secondary N) is 2. The van der Waals surface area contributed by atoms with Crippen LogP contribution in [0.15, 0.2) is 22.7 Å². The van der Waals surface area contributed by atoms with Crippen molar-refractivity contribution in [3.05, 3.63) is 34.1 Å². The number of rotatable bonds is 8. The molecule has 3 nitrogen and oxygen atoms in total. The van der Waals surface area contributed by atoms with Crippen molar-refractivity contribution in [3.63, 3.8) is 0 Å². The van der Waals surface area contributed by atoms with Crippen LogP contribution in [0, 0.1) is 5.82 Å². The Morgan fingerprint density at radius 2 is 2.22 bits per heavy atom. The highest BCUT2D eigenvalue weighted by Gasteiger charge is 2.03. The van der Waals surface area contributed by atoms with Gasteiger partial charge < -0.3 is 15.4 Å². The Kier molecular flexibility index (Phi) is 7.42. The van der Waals surface area contributed by atoms with Crippen LogP contribution in [0.1, 0.15) is 12.5 Å². The SMILES string of the molecule is COCCNCC(C)NCc1ccc(Br)c(F)c1. The molecule has 102 valence electrons. The summed E-state index contributed by atoms with van der Waals surface area (Å²) in [6.45, 7) is 5.18. The van der Waals surface area contributed by atoms with E-state index in [1.54, 1.807) is 19.2 Å². The molecule has 0 aliphatic rings. The van der Waals surface area contributed by atoms with Crippen LogP contribution >= 0.6 is 15.9 Å². The molecule has 0 aromatic heterocycles. The normalized spacial score (nSPS) is 12.7. The fourth-order valence-electron chi connectivity index (χ4n) is 1.51. The van der Waals surface area contributed by atoms with Crippen molar-refractivity contribution in [1.29, 1.82) is 0 Å². The van der Waals surface area contributed by atoms with Gasteiger partial charge in [-0.25, -0.2) is 4.39 Å². The van der Waals surface area contributed by atoms with Crippen LogP contribution in [0.4, 0.5) is 4.39 Å². The van der Waals surface area contributed by atoms with Crippen LogP contribution in [0.25, 0.3) is 0 Å². The maximum absolute atomic E-state index is 13.3. The van der Waals surface area contributed by atoms with Crippen molar-refractivity contribution in [2.24, 2.45) is 0 Å². The first-order valence-corrected chi connectivity index (χ1v) is 6.79.